The molecule has 0 saturated heterocycles. The molecule has 1 aliphatic rings. The number of benzene rings is 2. The molecule has 160 valence electrons. The molecule has 0 aliphatic heterocycles. The second-order valence-electron chi connectivity index (χ2n) is 8.03. The van der Waals surface area contributed by atoms with E-state index in [0.717, 1.165) is 34.4 Å². The molecule has 7 heteroatoms. The predicted octanol–water partition coefficient (Wildman–Crippen LogP) is 4.34. The fraction of sp³-hybridized carbons (Fsp3) is 0.115. The highest BCUT2D eigenvalue weighted by atomic mass is 16.5. The molecule has 33 heavy (non-hydrogen) atoms. The molecule has 5 aromatic rings. The number of hydrogen-bond donors (Lipinski definition) is 1. The Hall–Kier alpha value is -4.57. The third-order valence-corrected chi connectivity index (χ3v) is 6.33. The average Bonchev–Trinajstić information content (AvgIpc) is 3.30. The van der Waals surface area contributed by atoms with Gasteiger partial charge in [0.2, 0.25) is 0 Å². The molecule has 0 saturated carbocycles. The van der Waals surface area contributed by atoms with E-state index in [1.54, 1.807) is 7.11 Å². The number of aromatic nitrogens is 2. The number of rotatable bonds is 2. The number of nitrogens with two attached hydrogens (primary N) is 1. The molecule has 3 aromatic heterocycles. The predicted molar refractivity (Wildman–Crippen MR) is 125 cm³/mol. The summed E-state index contributed by atoms with van der Waals surface area (Å²) in [6.07, 6.45) is 1.44. The molecule has 1 aliphatic carbocycles. The van der Waals surface area contributed by atoms with Crippen molar-refractivity contribution in [2.24, 2.45) is 0 Å². The largest absolute Gasteiger partial charge is 0.497 e. The lowest BCUT2D eigenvalue weighted by atomic mass is 9.86. The van der Waals surface area contributed by atoms with Gasteiger partial charge in [0.05, 0.1) is 23.9 Å². The number of anilines is 1. The molecule has 0 atom stereocenters. The van der Waals surface area contributed by atoms with Crippen LogP contribution in [0.15, 0.2) is 63.8 Å². The van der Waals surface area contributed by atoms with Gasteiger partial charge in [0.15, 0.2) is 0 Å². The standard InChI is InChI=1S/C26H18N4O3/c1-32-16-9-6-15(7-10-16)20-12-21-19(13-27)22-18-11-8-14-4-2-3-5-17(14)24(18)33-26(31)23(22)25(28)30(21)29-20/h2-7,9-10,12H,8,11,28H2,1H3. The van der Waals surface area contributed by atoms with Gasteiger partial charge in [-0.1, -0.05) is 24.3 Å². The minimum atomic E-state index is -0.571. The molecular weight excluding hydrogens is 416 g/mol. The molecule has 2 aromatic carbocycles. The minimum Gasteiger partial charge on any atom is -0.497 e. The fourth-order valence-electron chi connectivity index (χ4n) is 4.75. The summed E-state index contributed by atoms with van der Waals surface area (Å²) in [5, 5.41) is 15.5. The van der Waals surface area contributed by atoms with Crippen molar-refractivity contribution >= 4 is 22.1 Å². The van der Waals surface area contributed by atoms with Crippen molar-refractivity contribution in [3.8, 4) is 34.4 Å². The van der Waals surface area contributed by atoms with Crippen molar-refractivity contribution in [3.05, 3.63) is 81.7 Å². The lowest BCUT2D eigenvalue weighted by Crippen LogP contribution is -2.15. The van der Waals surface area contributed by atoms with E-state index in [1.165, 1.54) is 4.52 Å². The number of aryl methyl sites for hydroxylation is 2. The highest BCUT2D eigenvalue weighted by Crippen LogP contribution is 2.40. The first-order valence-electron chi connectivity index (χ1n) is 10.5. The Labute approximate surface area is 188 Å². The third kappa shape index (κ3) is 2.68. The van der Waals surface area contributed by atoms with E-state index in [9.17, 15) is 10.1 Å². The summed E-state index contributed by atoms with van der Waals surface area (Å²) in [7, 11) is 1.61. The first kappa shape index (κ1) is 19.1. The van der Waals surface area contributed by atoms with Gasteiger partial charge in [0, 0.05) is 22.1 Å². The summed E-state index contributed by atoms with van der Waals surface area (Å²) in [5.74, 6) is 1.41. The number of ether oxygens (including phenoxy) is 1. The fourth-order valence-corrected chi connectivity index (χ4v) is 4.75. The van der Waals surface area contributed by atoms with Gasteiger partial charge in [-0.15, -0.1) is 0 Å². The maximum atomic E-state index is 13.1. The van der Waals surface area contributed by atoms with Crippen LogP contribution in [0.25, 0.3) is 38.9 Å². The van der Waals surface area contributed by atoms with Crippen LogP contribution in [0.2, 0.25) is 0 Å². The number of nitrogen functional groups attached to an aromatic ring is 1. The summed E-state index contributed by atoms with van der Waals surface area (Å²) in [6, 6.07) is 19.4. The number of hydrogen-bond acceptors (Lipinski definition) is 6. The molecule has 0 amide bonds. The lowest BCUT2D eigenvalue weighted by Gasteiger charge is -2.20. The number of nitriles is 1. The van der Waals surface area contributed by atoms with Crippen LogP contribution in [0.5, 0.6) is 5.75 Å². The van der Waals surface area contributed by atoms with Crippen LogP contribution < -0.4 is 16.1 Å². The molecule has 7 nitrogen and oxygen atoms in total. The SMILES string of the molecule is COc1ccc(-c2cc3c(C#N)c4c5c(oc(=O)c4c(N)n3n2)-c2ccccc2CC5)cc1. The number of fused-ring (bicyclic) bond motifs is 6. The van der Waals surface area contributed by atoms with Gasteiger partial charge in [-0.25, -0.2) is 9.31 Å². The molecular formula is C26H18N4O3. The zero-order chi connectivity index (χ0) is 22.7. The Kier molecular flexibility index (Phi) is 4.04. The van der Waals surface area contributed by atoms with E-state index in [2.05, 4.69) is 11.2 Å². The van der Waals surface area contributed by atoms with Crippen LogP contribution >= 0.6 is 0 Å². The lowest BCUT2D eigenvalue weighted by molar-refractivity contribution is 0.415. The summed E-state index contributed by atoms with van der Waals surface area (Å²) >= 11 is 0. The zero-order valence-electron chi connectivity index (χ0n) is 17.8. The first-order chi connectivity index (χ1) is 16.1. The van der Waals surface area contributed by atoms with Crippen LogP contribution in [0.3, 0.4) is 0 Å². The Morgan fingerprint density at radius 1 is 1.12 bits per heavy atom. The number of pyridine rings is 1. The zero-order valence-corrected chi connectivity index (χ0v) is 17.8. The maximum Gasteiger partial charge on any atom is 0.348 e. The van der Waals surface area contributed by atoms with Gasteiger partial charge in [-0.3, -0.25) is 0 Å². The van der Waals surface area contributed by atoms with E-state index in [4.69, 9.17) is 14.9 Å². The smallest absolute Gasteiger partial charge is 0.348 e. The maximum absolute atomic E-state index is 13.1. The molecule has 0 unspecified atom stereocenters. The molecule has 2 N–H and O–H groups in total. The number of nitrogens with zero attached hydrogens (tertiary/aromatic N) is 3. The van der Waals surface area contributed by atoms with Gasteiger partial charge in [0.1, 0.15) is 28.8 Å². The van der Waals surface area contributed by atoms with Gasteiger partial charge in [-0.2, -0.15) is 10.4 Å². The highest BCUT2D eigenvalue weighted by molar-refractivity contribution is 6.03. The Balaban J connectivity index is 1.70. The quantitative estimate of drug-likeness (QED) is 0.443. The summed E-state index contributed by atoms with van der Waals surface area (Å²) in [4.78, 5) is 13.1. The van der Waals surface area contributed by atoms with Gasteiger partial charge >= 0.3 is 5.63 Å². The first-order valence-corrected chi connectivity index (χ1v) is 10.5. The van der Waals surface area contributed by atoms with E-state index in [0.29, 0.717) is 34.3 Å². The molecule has 0 spiro atoms. The third-order valence-electron chi connectivity index (χ3n) is 6.33. The Bertz CT molecular complexity index is 1690. The Morgan fingerprint density at radius 2 is 1.91 bits per heavy atom. The van der Waals surface area contributed by atoms with E-state index in [-0.39, 0.29) is 11.2 Å². The van der Waals surface area contributed by atoms with Crippen LogP contribution in [-0.2, 0) is 12.8 Å². The normalized spacial score (nSPS) is 12.4. The van der Waals surface area contributed by atoms with Crippen molar-refractivity contribution in [1.82, 2.24) is 9.61 Å². The van der Waals surface area contributed by atoms with E-state index >= 15 is 0 Å². The van der Waals surface area contributed by atoms with E-state index in [1.807, 2.05) is 54.6 Å². The van der Waals surface area contributed by atoms with Crippen molar-refractivity contribution in [3.63, 3.8) is 0 Å². The van der Waals surface area contributed by atoms with Crippen LogP contribution in [0.1, 0.15) is 16.7 Å². The van der Waals surface area contributed by atoms with Gasteiger partial charge in [-0.05, 0) is 48.7 Å². The number of methoxy groups -OCH3 is 1. The minimum absolute atomic E-state index is 0.161. The van der Waals surface area contributed by atoms with E-state index < -0.39 is 5.63 Å². The van der Waals surface area contributed by atoms with Crippen LogP contribution in [0, 0.1) is 11.3 Å². The highest BCUT2D eigenvalue weighted by Gasteiger charge is 2.27. The van der Waals surface area contributed by atoms with Crippen LogP contribution in [0.4, 0.5) is 5.82 Å². The summed E-state index contributed by atoms with van der Waals surface area (Å²) < 4.78 is 12.5. The topological polar surface area (TPSA) is 107 Å². The van der Waals surface area contributed by atoms with Crippen molar-refractivity contribution in [1.29, 1.82) is 5.26 Å². The molecule has 0 bridgehead atoms. The summed E-state index contributed by atoms with van der Waals surface area (Å²) in [6.45, 7) is 0. The van der Waals surface area contributed by atoms with Crippen molar-refractivity contribution in [2.75, 3.05) is 12.8 Å². The monoisotopic (exact) mass is 434 g/mol. The molecule has 6 rings (SSSR count). The Morgan fingerprint density at radius 3 is 2.67 bits per heavy atom. The summed E-state index contributed by atoms with van der Waals surface area (Å²) in [5.41, 5.74) is 11.1. The average molecular weight is 434 g/mol. The molecule has 0 fully saturated rings. The second kappa shape index (κ2) is 6.97. The van der Waals surface area contributed by atoms with Gasteiger partial charge < -0.3 is 14.9 Å². The van der Waals surface area contributed by atoms with Crippen LogP contribution in [-0.4, -0.2) is 16.7 Å². The van der Waals surface area contributed by atoms with Crippen molar-refractivity contribution in [2.45, 2.75) is 12.8 Å². The molecule has 0 radical (unpaired) electrons. The van der Waals surface area contributed by atoms with Gasteiger partial charge in [0.25, 0.3) is 0 Å². The molecule has 3 heterocycles. The van der Waals surface area contributed by atoms with Crippen molar-refractivity contribution < 1.29 is 9.15 Å². The second-order valence-corrected chi connectivity index (χ2v) is 8.03.